The maximum atomic E-state index is 2.28. The average Bonchev–Trinajstić information content (AvgIpc) is 2.14. The molecule has 0 nitrogen and oxygen atoms in total. The van der Waals surface area contributed by atoms with Crippen molar-refractivity contribution >= 4 is 41.0 Å². The van der Waals surface area contributed by atoms with E-state index in [0.717, 1.165) is 0 Å². The third-order valence-corrected chi connectivity index (χ3v) is 4.06. The molecule has 0 aliphatic heterocycles. The second-order valence-electron chi connectivity index (χ2n) is 3.30. The van der Waals surface area contributed by atoms with E-state index in [9.17, 15) is 0 Å². The molecule has 0 saturated carbocycles. The van der Waals surface area contributed by atoms with Crippen molar-refractivity contribution in [1.82, 2.24) is 0 Å². The van der Waals surface area contributed by atoms with E-state index in [-0.39, 0.29) is 37.3 Å². The van der Waals surface area contributed by atoms with E-state index in [1.165, 1.54) is 23.8 Å². The number of unbranched alkanes of at least 4 members (excludes halogenated alkanes) is 2. The van der Waals surface area contributed by atoms with Crippen LogP contribution in [-0.2, 0) is 0 Å². The Hall–Kier alpha value is 0.466. The van der Waals surface area contributed by atoms with Gasteiger partial charge in [0.2, 0.25) is 0 Å². The monoisotopic (exact) mass is 252 g/mol. The number of benzene rings is 1. The van der Waals surface area contributed by atoms with Crippen molar-refractivity contribution in [1.29, 1.82) is 0 Å². The number of rotatable bonds is 5. The summed E-state index contributed by atoms with van der Waals surface area (Å²) >= 11 is 0.0683. The number of halogens is 1. The van der Waals surface area contributed by atoms with Gasteiger partial charge < -0.3 is 0 Å². The third-order valence-electron chi connectivity index (χ3n) is 2.16. The second-order valence-corrected chi connectivity index (χ2v) is 5.32. The summed E-state index contributed by atoms with van der Waals surface area (Å²) in [6.07, 6.45) is 4.21. The highest BCUT2D eigenvalue weighted by molar-refractivity contribution is 8.93. The molecule has 0 saturated heterocycles. The van der Waals surface area contributed by atoms with Gasteiger partial charge in [0, 0.05) is 0 Å². The summed E-state index contributed by atoms with van der Waals surface area (Å²) < 4.78 is 3.10. The zero-order valence-electron chi connectivity index (χ0n) is 8.33. The second kappa shape index (κ2) is 9.04. The van der Waals surface area contributed by atoms with Gasteiger partial charge in [-0.25, -0.2) is 0 Å². The highest BCUT2D eigenvalue weighted by Gasteiger charge is 1.96. The van der Waals surface area contributed by atoms with Crippen LogP contribution in [-0.4, -0.2) is 20.4 Å². The summed E-state index contributed by atoms with van der Waals surface area (Å²) in [5, 5.41) is 0. The average molecular weight is 253 g/mol. The smallest absolute Gasteiger partial charge is 0.174 e. The van der Waals surface area contributed by atoms with E-state index in [2.05, 4.69) is 37.3 Å². The first kappa shape index (κ1) is 13.5. The summed E-state index contributed by atoms with van der Waals surface area (Å²) in [5.74, 6) is 0. The van der Waals surface area contributed by atoms with Crippen LogP contribution in [0.15, 0.2) is 30.3 Å². The molecule has 0 amide bonds. The maximum absolute atomic E-state index is 2.28. The normalized spacial score (nSPS) is 8.69. The summed E-state index contributed by atoms with van der Waals surface area (Å²) in [6, 6.07) is 11.0. The molecule has 13 heavy (non-hydrogen) atoms. The molecule has 0 aromatic heterocycles. The fourth-order valence-corrected chi connectivity index (χ4v) is 3.02. The van der Waals surface area contributed by atoms with Crippen LogP contribution >= 0.6 is 17.0 Å². The molecule has 0 heterocycles. The van der Waals surface area contributed by atoms with E-state index >= 15 is 0 Å². The number of hydrogen-bond acceptors (Lipinski definition) is 0. The van der Waals surface area contributed by atoms with Gasteiger partial charge in [-0.1, -0.05) is 56.5 Å². The van der Waals surface area contributed by atoms with Gasteiger partial charge in [0.05, 0.1) is 0 Å². The lowest BCUT2D eigenvalue weighted by atomic mass is 10.3. The first-order valence-corrected chi connectivity index (χ1v) is 6.68. The molecule has 0 aliphatic carbocycles. The SMILES string of the molecule is Br.CCCC[CH2][Mg][c]1ccccc1. The predicted molar refractivity (Wildman–Crippen MR) is 66.5 cm³/mol. The molecule has 0 spiro atoms. The highest BCUT2D eigenvalue weighted by atomic mass is 79.9. The van der Waals surface area contributed by atoms with Crippen LogP contribution in [0.5, 0.6) is 0 Å². The molecule has 0 N–H and O–H groups in total. The highest BCUT2D eigenvalue weighted by Crippen LogP contribution is 1.98. The minimum absolute atomic E-state index is 0. The first-order chi connectivity index (χ1) is 5.93. The molecule has 70 valence electrons. The molecule has 0 fully saturated rings. The summed E-state index contributed by atoms with van der Waals surface area (Å²) in [7, 11) is 0. The zero-order valence-corrected chi connectivity index (χ0v) is 11.5. The molecule has 0 unspecified atom stereocenters. The van der Waals surface area contributed by atoms with Crippen molar-refractivity contribution in [3.63, 3.8) is 0 Å². The van der Waals surface area contributed by atoms with Crippen LogP contribution < -0.4 is 3.69 Å². The van der Waals surface area contributed by atoms with Crippen molar-refractivity contribution in [2.24, 2.45) is 0 Å². The van der Waals surface area contributed by atoms with Gasteiger partial charge in [-0.3, -0.25) is 0 Å². The van der Waals surface area contributed by atoms with E-state index in [1.54, 1.807) is 3.69 Å². The first-order valence-electron chi connectivity index (χ1n) is 4.97. The maximum Gasteiger partial charge on any atom is 0.408 e. The Bertz CT molecular complexity index is 199. The molecule has 0 atom stereocenters. The van der Waals surface area contributed by atoms with Crippen molar-refractivity contribution in [2.45, 2.75) is 30.7 Å². The largest absolute Gasteiger partial charge is 0.408 e. The van der Waals surface area contributed by atoms with Crippen molar-refractivity contribution in [2.75, 3.05) is 0 Å². The Morgan fingerprint density at radius 3 is 2.38 bits per heavy atom. The lowest BCUT2D eigenvalue weighted by Gasteiger charge is -1.97. The third kappa shape index (κ3) is 6.53. The summed E-state index contributed by atoms with van der Waals surface area (Å²) in [5.41, 5.74) is 0. The Labute approximate surface area is 102 Å². The van der Waals surface area contributed by atoms with Gasteiger partial charge in [-0.2, -0.15) is 3.69 Å². The molecular weight excluding hydrogens is 236 g/mol. The Balaban J connectivity index is 0.00000144. The molecule has 0 bridgehead atoms. The van der Waals surface area contributed by atoms with Crippen LogP contribution in [0.25, 0.3) is 0 Å². The molecule has 1 aromatic rings. The Morgan fingerprint density at radius 1 is 1.08 bits per heavy atom. The lowest BCUT2D eigenvalue weighted by Crippen LogP contribution is -2.12. The molecule has 0 radical (unpaired) electrons. The van der Waals surface area contributed by atoms with Crippen LogP contribution in [0.1, 0.15) is 26.2 Å². The fraction of sp³-hybridized carbons (Fsp3) is 0.455. The van der Waals surface area contributed by atoms with Crippen LogP contribution in [0.2, 0.25) is 4.55 Å². The zero-order chi connectivity index (χ0) is 8.65. The molecule has 1 rings (SSSR count). The van der Waals surface area contributed by atoms with Crippen molar-refractivity contribution < 1.29 is 0 Å². The molecular formula is C11H17BrMg. The Kier molecular flexibility index (Phi) is 9.36. The molecule has 2 heteroatoms. The van der Waals surface area contributed by atoms with E-state index in [4.69, 9.17) is 0 Å². The van der Waals surface area contributed by atoms with Gasteiger partial charge in [0.25, 0.3) is 0 Å². The predicted octanol–water partition coefficient (Wildman–Crippen LogP) is 3.20. The van der Waals surface area contributed by atoms with Gasteiger partial charge >= 0.3 is 20.4 Å². The molecule has 0 aliphatic rings. The lowest BCUT2D eigenvalue weighted by molar-refractivity contribution is 0.769. The van der Waals surface area contributed by atoms with Crippen molar-refractivity contribution in [3.8, 4) is 0 Å². The quantitative estimate of drug-likeness (QED) is 0.558. The minimum atomic E-state index is 0. The Morgan fingerprint density at radius 2 is 1.77 bits per heavy atom. The standard InChI is InChI=1S/C6H5.C5H11.BrH.Mg/c1-2-4-6-5-3-1;1-3-5-4-2;;/h1-5H;1,3-5H2,2H3;1H;. The fourth-order valence-electron chi connectivity index (χ4n) is 1.40. The van der Waals surface area contributed by atoms with Gasteiger partial charge in [-0.05, 0) is 0 Å². The van der Waals surface area contributed by atoms with E-state index < -0.39 is 0 Å². The van der Waals surface area contributed by atoms with Gasteiger partial charge in [0.1, 0.15) is 0 Å². The molecule has 1 aromatic carbocycles. The summed E-state index contributed by atoms with van der Waals surface area (Å²) in [4.78, 5) is 0. The summed E-state index contributed by atoms with van der Waals surface area (Å²) in [6.45, 7) is 2.27. The van der Waals surface area contributed by atoms with Crippen LogP contribution in [0.4, 0.5) is 0 Å². The van der Waals surface area contributed by atoms with Gasteiger partial charge in [-0.15, -0.1) is 21.5 Å². The van der Waals surface area contributed by atoms with Crippen LogP contribution in [0.3, 0.4) is 0 Å². The minimum Gasteiger partial charge on any atom is -0.174 e. The topological polar surface area (TPSA) is 0 Å². The van der Waals surface area contributed by atoms with Crippen molar-refractivity contribution in [3.05, 3.63) is 30.3 Å². The number of hydrogen-bond donors (Lipinski definition) is 0. The van der Waals surface area contributed by atoms with Gasteiger partial charge in [0.15, 0.2) is 0 Å². The van der Waals surface area contributed by atoms with E-state index in [1.807, 2.05) is 0 Å². The van der Waals surface area contributed by atoms with Crippen LogP contribution in [0, 0.1) is 0 Å². The van der Waals surface area contributed by atoms with E-state index in [0.29, 0.717) is 0 Å².